The van der Waals surface area contributed by atoms with Crippen molar-refractivity contribution in [1.29, 1.82) is 0 Å². The summed E-state index contributed by atoms with van der Waals surface area (Å²) in [4.78, 5) is 62.5. The maximum atomic E-state index is 12.6. The Bertz CT molecular complexity index is 1080. The van der Waals surface area contributed by atoms with Crippen molar-refractivity contribution in [2.24, 2.45) is 0 Å². The fraction of sp³-hybridized carbons (Fsp3) is 0.857. The van der Waals surface area contributed by atoms with E-state index in [1.165, 1.54) is 35.3 Å². The first kappa shape index (κ1) is 54.0. The summed E-state index contributed by atoms with van der Waals surface area (Å²) in [6.45, 7) is 5.53. The van der Waals surface area contributed by atoms with Gasteiger partial charge in [-0.15, -0.1) is 11.8 Å². The average molecular weight is 875 g/mol. The predicted molar refractivity (Wildman–Crippen MR) is 223 cm³/mol. The topological polar surface area (TPSA) is 199 Å². The predicted octanol–water partition coefficient (Wildman–Crippen LogP) is 5.43. The molecule has 5 amide bonds. The first-order valence-corrected chi connectivity index (χ1v) is 25.3. The van der Waals surface area contributed by atoms with Crippen LogP contribution in [0.3, 0.4) is 0 Å². The number of thioether (sulfide) groups is 2. The Kier molecular flexibility index (Phi) is 32.8. The zero-order chi connectivity index (χ0) is 42.1. The van der Waals surface area contributed by atoms with E-state index in [1.807, 2.05) is 6.92 Å². The van der Waals surface area contributed by atoms with Gasteiger partial charge in [0.05, 0.1) is 6.61 Å². The average Bonchev–Trinajstić information content (AvgIpc) is 3.20. The van der Waals surface area contributed by atoms with Crippen LogP contribution in [0.5, 0.6) is 0 Å². The van der Waals surface area contributed by atoms with Crippen LogP contribution in [0.4, 0.5) is 14.4 Å². The van der Waals surface area contributed by atoms with Gasteiger partial charge in [-0.25, -0.2) is 9.59 Å². The molecule has 0 aromatic heterocycles. The van der Waals surface area contributed by atoms with Gasteiger partial charge in [0, 0.05) is 99.4 Å². The maximum absolute atomic E-state index is 12.6. The zero-order valence-electron chi connectivity index (χ0n) is 35.0. The van der Waals surface area contributed by atoms with E-state index >= 15 is 0 Å². The van der Waals surface area contributed by atoms with Gasteiger partial charge in [-0.1, -0.05) is 44.4 Å². The molecule has 0 saturated heterocycles. The largest absolute Gasteiger partial charge is 0.500 e. The smallest absolute Gasteiger partial charge is 0.465 e. The molecule has 56 heavy (non-hydrogen) atoms. The molecule has 0 bridgehead atoms. The van der Waals surface area contributed by atoms with Gasteiger partial charge in [0.1, 0.15) is 11.9 Å². The number of carbonyl (C=O) groups excluding carboxylic acids is 5. The van der Waals surface area contributed by atoms with Crippen molar-refractivity contribution in [2.45, 2.75) is 102 Å². The minimum Gasteiger partial charge on any atom is -0.465 e. The molecule has 0 aliphatic rings. The Morgan fingerprint density at radius 1 is 0.607 bits per heavy atom. The molecule has 3 N–H and O–H groups in total. The molecule has 1 unspecified atom stereocenters. The van der Waals surface area contributed by atoms with Gasteiger partial charge < -0.3 is 52.0 Å². The van der Waals surface area contributed by atoms with Crippen molar-refractivity contribution in [3.63, 3.8) is 0 Å². The van der Waals surface area contributed by atoms with Crippen LogP contribution in [0.25, 0.3) is 0 Å². The van der Waals surface area contributed by atoms with E-state index in [0.29, 0.717) is 69.0 Å². The number of alkyl carbamates (subject to hydrolysis) is 1. The van der Waals surface area contributed by atoms with Gasteiger partial charge in [-0.05, 0) is 44.9 Å². The lowest BCUT2D eigenvalue weighted by Gasteiger charge is -2.24. The minimum absolute atomic E-state index is 0.0680. The number of ether oxygens (including phenoxy) is 2. The number of imide groups is 1. The molecular formula is C35H70N4O13S2Si2. The zero-order valence-corrected chi connectivity index (χ0v) is 38.6. The van der Waals surface area contributed by atoms with E-state index in [4.69, 9.17) is 36.0 Å². The van der Waals surface area contributed by atoms with Crippen molar-refractivity contribution in [1.82, 2.24) is 20.9 Å². The van der Waals surface area contributed by atoms with E-state index in [1.54, 1.807) is 42.7 Å². The number of urea groups is 1. The highest BCUT2D eigenvalue weighted by Gasteiger charge is 2.38. The summed E-state index contributed by atoms with van der Waals surface area (Å²) in [6, 6.07) is 0.786. The van der Waals surface area contributed by atoms with Gasteiger partial charge in [-0.3, -0.25) is 19.3 Å². The van der Waals surface area contributed by atoms with E-state index in [9.17, 15) is 24.0 Å². The monoisotopic (exact) mass is 874 g/mol. The third kappa shape index (κ3) is 24.7. The molecule has 21 heteroatoms. The number of carbonyl (C=O) groups is 5. The lowest BCUT2D eigenvalue weighted by molar-refractivity contribution is -0.143. The molecule has 0 aromatic carbocycles. The minimum atomic E-state index is -2.70. The first-order valence-electron chi connectivity index (χ1n) is 19.4. The molecule has 0 rings (SSSR count). The first-order chi connectivity index (χ1) is 26.9. The summed E-state index contributed by atoms with van der Waals surface area (Å²) in [5.74, 6) is 0.509. The van der Waals surface area contributed by atoms with Crippen LogP contribution < -0.4 is 16.0 Å². The highest BCUT2D eigenvalue weighted by atomic mass is 32.2. The number of esters is 1. The van der Waals surface area contributed by atoms with E-state index in [2.05, 4.69) is 16.0 Å². The lowest BCUT2D eigenvalue weighted by atomic mass is 10.2. The molecular weight excluding hydrogens is 805 g/mol. The summed E-state index contributed by atoms with van der Waals surface area (Å²) in [5.41, 5.74) is 0. The van der Waals surface area contributed by atoms with Crippen molar-refractivity contribution in [3.8, 4) is 0 Å². The van der Waals surface area contributed by atoms with Crippen LogP contribution in [-0.2, 0) is 45.6 Å². The Hall–Kier alpha value is -1.96. The molecule has 1 atom stereocenters. The lowest BCUT2D eigenvalue weighted by Crippen LogP contribution is -2.43. The number of rotatable bonds is 34. The van der Waals surface area contributed by atoms with Crippen molar-refractivity contribution in [2.75, 3.05) is 93.6 Å². The summed E-state index contributed by atoms with van der Waals surface area (Å²) in [6.07, 6.45) is 7.81. The number of amides is 5. The quantitative estimate of drug-likeness (QED) is 0.0420. The number of nitrogens with one attached hydrogen (secondary N) is 3. The molecule has 0 saturated carbocycles. The fourth-order valence-electron chi connectivity index (χ4n) is 5.33. The molecule has 0 radical (unpaired) electrons. The number of unbranched alkanes of at least 4 members (excludes halogenated alkanes) is 6. The van der Waals surface area contributed by atoms with Crippen LogP contribution in [-0.4, -0.2) is 151 Å². The standard InChI is InChI=1S/C35H70N4O13S2Si2/c1-9-31(32(41)51-24-18-28-55(45-3,46-4)47-5)53-27-25-52-34(43)37-21-15-11-10-14-20-36-33(42)39(30(2)40)23-17-13-12-16-22-38-35(44)54-26-19-29-56(48-6,49-7)50-8/h31H,9-29H2,1-8H3,(H,36,42)(H,37,43)(H,38,44). The highest BCUT2D eigenvalue weighted by Crippen LogP contribution is 2.19. The molecule has 0 heterocycles. The SMILES string of the molecule is CCC(SCCOC(=O)NCCCCCCNC(=O)N(CCCCCCNC(=O)SCCC[Si](OC)(OC)OC)C(C)=O)C(=O)OCCC[Si](OC)(OC)OC. The third-order valence-electron chi connectivity index (χ3n) is 8.72. The van der Waals surface area contributed by atoms with Crippen LogP contribution >= 0.6 is 23.5 Å². The second-order valence-corrected chi connectivity index (χ2v) is 21.1. The molecule has 0 fully saturated rings. The van der Waals surface area contributed by atoms with E-state index in [-0.39, 0.29) is 35.6 Å². The van der Waals surface area contributed by atoms with Gasteiger partial charge >= 0.3 is 35.7 Å². The van der Waals surface area contributed by atoms with Crippen LogP contribution in [0.2, 0.25) is 12.1 Å². The van der Waals surface area contributed by atoms with Gasteiger partial charge in [0.2, 0.25) is 5.91 Å². The molecule has 0 aliphatic heterocycles. The van der Waals surface area contributed by atoms with Gasteiger partial charge in [0.25, 0.3) is 5.24 Å². The molecule has 0 aliphatic carbocycles. The number of hydrogen-bond acceptors (Lipinski definition) is 15. The molecule has 17 nitrogen and oxygen atoms in total. The summed E-state index contributed by atoms with van der Waals surface area (Å²) >= 11 is 2.62. The summed E-state index contributed by atoms with van der Waals surface area (Å²) in [5, 5.41) is 8.04. The second kappa shape index (κ2) is 34.0. The Morgan fingerprint density at radius 3 is 1.66 bits per heavy atom. The van der Waals surface area contributed by atoms with Crippen molar-refractivity contribution >= 4 is 70.4 Å². The number of hydrogen-bond donors (Lipinski definition) is 3. The normalized spacial score (nSPS) is 12.1. The molecule has 0 spiro atoms. The van der Waals surface area contributed by atoms with Crippen LogP contribution in [0.15, 0.2) is 0 Å². The fourth-order valence-corrected chi connectivity index (χ4v) is 10.6. The summed E-state index contributed by atoms with van der Waals surface area (Å²) in [7, 11) is 4.04. The Balaban J connectivity index is 3.96. The maximum Gasteiger partial charge on any atom is 0.500 e. The summed E-state index contributed by atoms with van der Waals surface area (Å²) < 4.78 is 42.9. The number of nitrogens with zero attached hydrogens (tertiary/aromatic N) is 1. The van der Waals surface area contributed by atoms with Crippen LogP contribution in [0.1, 0.15) is 84.5 Å². The highest BCUT2D eigenvalue weighted by molar-refractivity contribution is 8.13. The van der Waals surface area contributed by atoms with E-state index in [0.717, 1.165) is 51.4 Å². The van der Waals surface area contributed by atoms with Gasteiger partial charge in [0.15, 0.2) is 0 Å². The van der Waals surface area contributed by atoms with Gasteiger partial charge in [-0.2, -0.15) is 0 Å². The van der Waals surface area contributed by atoms with Crippen molar-refractivity contribution < 1.29 is 60.0 Å². The van der Waals surface area contributed by atoms with Crippen molar-refractivity contribution in [3.05, 3.63) is 0 Å². The van der Waals surface area contributed by atoms with Crippen LogP contribution in [0, 0.1) is 0 Å². The second-order valence-electron chi connectivity index (χ2n) is 12.6. The Morgan fingerprint density at radius 2 is 1.12 bits per heavy atom. The third-order valence-corrected chi connectivity index (χ3v) is 16.6. The Labute approximate surface area is 345 Å². The molecule has 328 valence electrons. The van der Waals surface area contributed by atoms with E-state index < -0.39 is 29.7 Å². The molecule has 0 aromatic rings.